The van der Waals surface area contributed by atoms with Crippen LogP contribution in [0.4, 0.5) is 21.5 Å². The summed E-state index contributed by atoms with van der Waals surface area (Å²) in [5, 5.41) is 0. The molecule has 0 aliphatic carbocycles. The first-order valence-electron chi connectivity index (χ1n) is 5.49. The summed E-state index contributed by atoms with van der Waals surface area (Å²) >= 11 is -0.750. The Hall–Kier alpha value is -0.660. The number of quaternary nitrogens is 1. The molecule has 0 aromatic heterocycles. The molecule has 128 valence electrons. The second kappa shape index (κ2) is 10.1. The highest BCUT2D eigenvalue weighted by atomic mass is 32.3. The minimum absolute atomic E-state index is 0.253. The van der Waals surface area contributed by atoms with Gasteiger partial charge in [-0.25, -0.2) is 8.42 Å². The van der Waals surface area contributed by atoms with Gasteiger partial charge >= 0.3 is 17.7 Å². The molecule has 0 bridgehead atoms. The second-order valence-corrected chi connectivity index (χ2v) is 5.51. The molecule has 1 aliphatic heterocycles. The van der Waals surface area contributed by atoms with Gasteiger partial charge < -0.3 is 13.9 Å². The van der Waals surface area contributed by atoms with Crippen molar-refractivity contribution in [3.63, 3.8) is 0 Å². The summed E-state index contributed by atoms with van der Waals surface area (Å²) < 4.78 is 91.1. The first-order valence-corrected chi connectivity index (χ1v) is 7.50. The molecule has 0 atom stereocenters. The first kappa shape index (κ1) is 22.6. The predicted molar refractivity (Wildman–Crippen MR) is 64.1 cm³/mol. The Morgan fingerprint density at radius 3 is 1.76 bits per heavy atom. The van der Waals surface area contributed by atoms with Gasteiger partial charge in [0.1, 0.15) is 0 Å². The van der Waals surface area contributed by atoms with Gasteiger partial charge in [0.25, 0.3) is 10.4 Å². The monoisotopic (exact) mass is 362 g/mol. The maximum Gasteiger partial charge on any atom is 0.394 e. The summed E-state index contributed by atoms with van der Waals surface area (Å²) in [6.45, 7) is 2.08. The molecule has 0 radical (unpaired) electrons. The topological polar surface area (TPSA) is 82.4 Å². The maximum absolute atomic E-state index is 11.9. The van der Waals surface area contributed by atoms with E-state index in [4.69, 9.17) is 16.8 Å². The Morgan fingerprint density at radius 2 is 1.52 bits per heavy atom. The van der Waals surface area contributed by atoms with Gasteiger partial charge in [-0.1, -0.05) is 0 Å². The molecular formula is C8H15F5N2O4S2. The fourth-order valence-corrected chi connectivity index (χ4v) is 1.72. The summed E-state index contributed by atoms with van der Waals surface area (Å²) in [4.78, 5) is 0.826. The maximum atomic E-state index is 11.9. The molecule has 0 aromatic rings. The van der Waals surface area contributed by atoms with Crippen LogP contribution in [0, 0.1) is 0 Å². The molecule has 21 heavy (non-hydrogen) atoms. The number of likely N-dealkylation sites (tertiary alicyclic amines) is 1. The Balaban J connectivity index is 0. The van der Waals surface area contributed by atoms with Crippen LogP contribution in [0.5, 0.6) is 0 Å². The first-order chi connectivity index (χ1) is 9.39. The van der Waals surface area contributed by atoms with E-state index in [-0.39, 0.29) is 6.54 Å². The van der Waals surface area contributed by atoms with Gasteiger partial charge in [0.15, 0.2) is 0 Å². The van der Waals surface area contributed by atoms with E-state index in [2.05, 4.69) is 0 Å². The fourth-order valence-electron chi connectivity index (χ4n) is 1.72. The molecule has 0 saturated carbocycles. The van der Waals surface area contributed by atoms with E-state index in [9.17, 15) is 21.5 Å². The number of hydrogen-bond acceptors (Lipinski definition) is 4. The third-order valence-corrected chi connectivity index (χ3v) is 2.83. The molecule has 13 heteroatoms. The van der Waals surface area contributed by atoms with E-state index in [0.717, 1.165) is 30.9 Å². The molecule has 0 spiro atoms. The van der Waals surface area contributed by atoms with Crippen LogP contribution in [0.2, 0.25) is 0 Å². The van der Waals surface area contributed by atoms with E-state index in [1.807, 2.05) is 7.05 Å². The molecule has 1 heterocycles. The molecule has 1 rings (SSSR count). The van der Waals surface area contributed by atoms with Crippen LogP contribution in [0.15, 0.2) is 0 Å². The normalized spacial score (nSPS) is 17.0. The lowest BCUT2D eigenvalue weighted by Gasteiger charge is -2.29. The van der Waals surface area contributed by atoms with Crippen molar-refractivity contribution in [3.8, 4) is 0 Å². The molecule has 0 N–H and O–H groups in total. The van der Waals surface area contributed by atoms with E-state index in [1.54, 1.807) is 0 Å². The van der Waals surface area contributed by atoms with Crippen LogP contribution in [0.25, 0.3) is 4.94 Å². The van der Waals surface area contributed by atoms with Crippen molar-refractivity contribution in [2.24, 2.45) is 0 Å². The third kappa shape index (κ3) is 17.3. The zero-order chi connectivity index (χ0) is 17.2. The van der Waals surface area contributed by atoms with Crippen molar-refractivity contribution in [2.45, 2.75) is 25.4 Å². The molecule has 0 amide bonds. The highest BCUT2D eigenvalue weighted by molar-refractivity contribution is 7.88. The molecule has 1 saturated heterocycles. The Kier molecular flexibility index (Phi) is 10.9. The molecule has 0 aromatic carbocycles. The SMILES string of the molecule is C[N+]1(CCC(F)(F)F)CCCC1.O=S(=O)(F)[N-]F.O=S=O. The van der Waals surface area contributed by atoms with E-state index in [0.29, 0.717) is 4.48 Å². The molecule has 1 aliphatic rings. The summed E-state index contributed by atoms with van der Waals surface area (Å²) in [5.41, 5.74) is 0. The summed E-state index contributed by atoms with van der Waals surface area (Å²) in [7, 11) is -3.29. The van der Waals surface area contributed by atoms with Gasteiger partial charge in [0.2, 0.25) is 0 Å². The van der Waals surface area contributed by atoms with Crippen LogP contribution in [0.3, 0.4) is 0 Å². The smallest absolute Gasteiger partial charge is 0.352 e. The lowest BCUT2D eigenvalue weighted by Crippen LogP contribution is -2.43. The average molecular weight is 362 g/mol. The standard InChI is InChI=1S/C8H15F3N.F2NO2S.O2S/c1-12(5-2-3-6-12)7-4-8(9,10)11;1-3-6(2,4)5;1-3-2/h2-7H2,1H3;;/q+1;-1;. The Morgan fingerprint density at radius 1 is 1.19 bits per heavy atom. The predicted octanol–water partition coefficient (Wildman–Crippen LogP) is 1.97. The van der Waals surface area contributed by atoms with Gasteiger partial charge in [0.05, 0.1) is 33.1 Å². The molecule has 6 nitrogen and oxygen atoms in total. The van der Waals surface area contributed by atoms with Crippen LogP contribution in [-0.2, 0) is 22.0 Å². The van der Waals surface area contributed by atoms with Crippen molar-refractivity contribution < 1.29 is 42.9 Å². The van der Waals surface area contributed by atoms with Crippen molar-refractivity contribution in [3.05, 3.63) is 4.94 Å². The number of hydrogen-bond donors (Lipinski definition) is 0. The highest BCUT2D eigenvalue weighted by Crippen LogP contribution is 2.24. The van der Waals surface area contributed by atoms with Crippen molar-refractivity contribution >= 4 is 22.0 Å². The van der Waals surface area contributed by atoms with Crippen molar-refractivity contribution in [1.82, 2.24) is 0 Å². The lowest BCUT2D eigenvalue weighted by molar-refractivity contribution is -0.898. The summed E-state index contributed by atoms with van der Waals surface area (Å²) in [6.07, 6.45) is -2.46. The molecule has 0 unspecified atom stereocenters. The number of alkyl halides is 3. The Labute approximate surface area is 122 Å². The van der Waals surface area contributed by atoms with Crippen LogP contribution in [-0.4, -0.2) is 54.2 Å². The van der Waals surface area contributed by atoms with Gasteiger partial charge in [-0.2, -0.15) is 21.6 Å². The third-order valence-electron chi connectivity index (χ3n) is 2.66. The molecular weight excluding hydrogens is 347 g/mol. The zero-order valence-corrected chi connectivity index (χ0v) is 12.6. The van der Waals surface area contributed by atoms with Crippen molar-refractivity contribution in [1.29, 1.82) is 0 Å². The largest absolute Gasteiger partial charge is 0.394 e. The van der Waals surface area contributed by atoms with Gasteiger partial charge in [-0.3, -0.25) is 0 Å². The van der Waals surface area contributed by atoms with Crippen LogP contribution in [0.1, 0.15) is 19.3 Å². The quantitative estimate of drug-likeness (QED) is 0.437. The minimum atomic E-state index is -5.20. The van der Waals surface area contributed by atoms with E-state index < -0.39 is 34.6 Å². The van der Waals surface area contributed by atoms with Crippen LogP contribution < -0.4 is 0 Å². The Bertz CT molecular complexity index is 417. The average Bonchev–Trinajstić information content (AvgIpc) is 2.75. The van der Waals surface area contributed by atoms with E-state index >= 15 is 0 Å². The van der Waals surface area contributed by atoms with E-state index in [1.165, 1.54) is 0 Å². The van der Waals surface area contributed by atoms with Gasteiger partial charge in [-0.15, -0.1) is 3.89 Å². The van der Waals surface area contributed by atoms with Gasteiger partial charge in [-0.05, 0) is 0 Å². The lowest BCUT2D eigenvalue weighted by atomic mass is 10.3. The number of nitrogens with zero attached hydrogens (tertiary/aromatic N) is 2. The summed E-state index contributed by atoms with van der Waals surface area (Å²) in [5.74, 6) is 0. The zero-order valence-electron chi connectivity index (χ0n) is 11.0. The second-order valence-electron chi connectivity index (χ2n) is 4.41. The van der Waals surface area contributed by atoms with Crippen molar-refractivity contribution in [2.75, 3.05) is 26.7 Å². The van der Waals surface area contributed by atoms with Gasteiger partial charge in [0, 0.05) is 12.8 Å². The highest BCUT2D eigenvalue weighted by Gasteiger charge is 2.34. The molecule has 1 fully saturated rings. The fraction of sp³-hybridized carbons (Fsp3) is 1.00. The number of rotatable bonds is 3. The minimum Gasteiger partial charge on any atom is -0.352 e. The number of halogens is 5. The summed E-state index contributed by atoms with van der Waals surface area (Å²) in [6, 6.07) is 0. The van der Waals surface area contributed by atoms with Crippen LogP contribution >= 0.6 is 0 Å².